The van der Waals surface area contributed by atoms with Crippen molar-refractivity contribution < 1.29 is 17.9 Å². The summed E-state index contributed by atoms with van der Waals surface area (Å²) in [7, 11) is -0.881. The Hall–Kier alpha value is -1.90. The van der Waals surface area contributed by atoms with E-state index in [0.29, 0.717) is 15.9 Å². The summed E-state index contributed by atoms with van der Waals surface area (Å²) in [5.41, 5.74) is 0.533. The number of anilines is 1. The first-order valence-electron chi connectivity index (χ1n) is 6.99. The van der Waals surface area contributed by atoms with Crippen molar-refractivity contribution >= 4 is 37.5 Å². The van der Waals surface area contributed by atoms with Gasteiger partial charge < -0.3 is 10.1 Å². The van der Waals surface area contributed by atoms with Gasteiger partial charge in [-0.3, -0.25) is 4.79 Å². The molecule has 0 heterocycles. The average molecular weight is 413 g/mol. The lowest BCUT2D eigenvalue weighted by Gasteiger charge is -2.17. The first-order chi connectivity index (χ1) is 11.3. The molecular formula is C16H17BrN2O4S. The number of amides is 1. The van der Waals surface area contributed by atoms with Crippen molar-refractivity contribution in [1.82, 2.24) is 4.31 Å². The van der Waals surface area contributed by atoms with Crippen molar-refractivity contribution in [1.29, 1.82) is 0 Å². The van der Waals surface area contributed by atoms with Crippen molar-refractivity contribution in [3.63, 3.8) is 0 Å². The molecule has 1 amide bonds. The van der Waals surface area contributed by atoms with Crippen molar-refractivity contribution in [3.05, 3.63) is 53.0 Å². The Bertz CT molecular complexity index is 839. The zero-order valence-electron chi connectivity index (χ0n) is 13.2. The van der Waals surface area contributed by atoms with Gasteiger partial charge >= 0.3 is 0 Å². The van der Waals surface area contributed by atoms with E-state index in [-0.39, 0.29) is 11.4 Å². The maximum Gasteiger partial charge on any atom is 0.244 e. The molecule has 128 valence electrons. The van der Waals surface area contributed by atoms with Crippen molar-refractivity contribution in [2.24, 2.45) is 0 Å². The van der Waals surface area contributed by atoms with Crippen LogP contribution < -0.4 is 10.1 Å². The Morgan fingerprint density at radius 1 is 1.21 bits per heavy atom. The van der Waals surface area contributed by atoms with E-state index in [9.17, 15) is 13.2 Å². The highest BCUT2D eigenvalue weighted by Gasteiger charge is 2.24. The Balaban J connectivity index is 2.09. The number of hydrogen-bond acceptors (Lipinski definition) is 4. The Morgan fingerprint density at radius 3 is 2.58 bits per heavy atom. The van der Waals surface area contributed by atoms with Crippen LogP contribution in [0.4, 0.5) is 5.69 Å². The molecule has 0 radical (unpaired) electrons. The molecule has 0 atom stereocenters. The fourth-order valence-electron chi connectivity index (χ4n) is 2.01. The summed E-state index contributed by atoms with van der Waals surface area (Å²) in [5, 5.41) is 2.65. The van der Waals surface area contributed by atoms with Gasteiger partial charge in [-0.2, -0.15) is 4.31 Å². The Labute approximate surface area is 149 Å². The van der Waals surface area contributed by atoms with Crippen LogP contribution in [-0.4, -0.2) is 39.3 Å². The topological polar surface area (TPSA) is 75.7 Å². The number of rotatable bonds is 6. The van der Waals surface area contributed by atoms with E-state index in [0.717, 1.165) is 4.31 Å². The normalized spacial score (nSPS) is 11.3. The molecule has 2 aromatic carbocycles. The zero-order valence-corrected chi connectivity index (χ0v) is 15.6. The fourth-order valence-corrected chi connectivity index (χ4v) is 4.10. The third kappa shape index (κ3) is 4.34. The van der Waals surface area contributed by atoms with E-state index >= 15 is 0 Å². The number of nitrogens with one attached hydrogen (secondary N) is 1. The molecule has 0 bridgehead atoms. The Kier molecular flexibility index (Phi) is 5.98. The van der Waals surface area contributed by atoms with Crippen LogP contribution in [-0.2, 0) is 14.8 Å². The third-order valence-electron chi connectivity index (χ3n) is 3.24. The van der Waals surface area contributed by atoms with Crippen LogP contribution >= 0.6 is 15.9 Å². The lowest BCUT2D eigenvalue weighted by molar-refractivity contribution is -0.116. The SMILES string of the molecule is COc1cccc(NC(=O)CN(C)S(=O)(=O)c2ccccc2Br)c1. The van der Waals surface area contributed by atoms with Gasteiger partial charge in [-0.25, -0.2) is 8.42 Å². The molecule has 0 saturated heterocycles. The molecule has 2 rings (SSSR count). The number of benzene rings is 2. The van der Waals surface area contributed by atoms with Crippen LogP contribution in [0.1, 0.15) is 0 Å². The molecule has 8 heteroatoms. The molecule has 0 aliphatic carbocycles. The predicted octanol–water partition coefficient (Wildman–Crippen LogP) is 2.72. The highest BCUT2D eigenvalue weighted by Crippen LogP contribution is 2.24. The molecule has 0 unspecified atom stereocenters. The number of hydrogen-bond donors (Lipinski definition) is 1. The molecule has 0 aromatic heterocycles. The molecule has 0 aliphatic rings. The Morgan fingerprint density at radius 2 is 1.92 bits per heavy atom. The molecule has 0 saturated carbocycles. The number of carbonyl (C=O) groups excluding carboxylic acids is 1. The summed E-state index contributed by atoms with van der Waals surface area (Å²) in [6, 6.07) is 13.3. The van der Waals surface area contributed by atoms with Gasteiger partial charge in [0.05, 0.1) is 18.6 Å². The van der Waals surface area contributed by atoms with Gasteiger partial charge in [0.25, 0.3) is 0 Å². The maximum absolute atomic E-state index is 12.5. The number of methoxy groups -OCH3 is 1. The van der Waals surface area contributed by atoms with Gasteiger partial charge in [-0.1, -0.05) is 18.2 Å². The summed E-state index contributed by atoms with van der Waals surface area (Å²) >= 11 is 3.22. The average Bonchev–Trinajstić information content (AvgIpc) is 2.55. The van der Waals surface area contributed by atoms with Crippen molar-refractivity contribution in [3.8, 4) is 5.75 Å². The largest absolute Gasteiger partial charge is 0.497 e. The summed E-state index contributed by atoms with van der Waals surface area (Å²) in [6.07, 6.45) is 0. The second kappa shape index (κ2) is 7.78. The minimum absolute atomic E-state index is 0.113. The minimum atomic E-state index is -3.77. The third-order valence-corrected chi connectivity index (χ3v) is 6.06. The molecule has 0 aliphatic heterocycles. The van der Waals surface area contributed by atoms with E-state index in [2.05, 4.69) is 21.2 Å². The van der Waals surface area contributed by atoms with Gasteiger partial charge in [0.2, 0.25) is 15.9 Å². The number of carbonyl (C=O) groups is 1. The van der Waals surface area contributed by atoms with Crippen LogP contribution in [0.3, 0.4) is 0 Å². The lowest BCUT2D eigenvalue weighted by atomic mass is 10.3. The van der Waals surface area contributed by atoms with Crippen molar-refractivity contribution in [2.45, 2.75) is 4.90 Å². The van der Waals surface area contributed by atoms with E-state index < -0.39 is 15.9 Å². The van der Waals surface area contributed by atoms with E-state index in [1.54, 1.807) is 42.5 Å². The minimum Gasteiger partial charge on any atom is -0.497 e. The number of halogens is 1. The standard InChI is InChI=1S/C16H17BrN2O4S/c1-19(24(21,22)15-9-4-3-8-14(15)17)11-16(20)18-12-6-5-7-13(10-12)23-2/h3-10H,11H2,1-2H3,(H,18,20). The van der Waals surface area contributed by atoms with E-state index in [1.807, 2.05) is 0 Å². The zero-order chi connectivity index (χ0) is 17.7. The summed E-state index contributed by atoms with van der Waals surface area (Å²) in [4.78, 5) is 12.2. The first-order valence-corrected chi connectivity index (χ1v) is 9.22. The lowest BCUT2D eigenvalue weighted by Crippen LogP contribution is -2.35. The molecule has 24 heavy (non-hydrogen) atoms. The highest BCUT2D eigenvalue weighted by molar-refractivity contribution is 9.10. The van der Waals surface area contributed by atoms with E-state index in [4.69, 9.17) is 4.74 Å². The fraction of sp³-hybridized carbons (Fsp3) is 0.188. The van der Waals surface area contributed by atoms with Gasteiger partial charge in [0.1, 0.15) is 5.75 Å². The summed E-state index contributed by atoms with van der Waals surface area (Å²) < 4.78 is 31.6. The molecule has 0 spiro atoms. The molecular weight excluding hydrogens is 396 g/mol. The van der Waals surface area contributed by atoms with E-state index in [1.165, 1.54) is 20.2 Å². The van der Waals surface area contributed by atoms with Crippen LogP contribution in [0.2, 0.25) is 0 Å². The maximum atomic E-state index is 12.5. The van der Waals surface area contributed by atoms with Crippen LogP contribution in [0.25, 0.3) is 0 Å². The first kappa shape index (κ1) is 18.4. The smallest absolute Gasteiger partial charge is 0.244 e. The van der Waals surface area contributed by atoms with Crippen LogP contribution in [0.5, 0.6) is 5.75 Å². The summed E-state index contributed by atoms with van der Waals surface area (Å²) in [5.74, 6) is 0.156. The number of likely N-dealkylation sites (N-methyl/N-ethyl adjacent to an activating group) is 1. The van der Waals surface area contributed by atoms with Gasteiger partial charge in [-0.15, -0.1) is 0 Å². The van der Waals surface area contributed by atoms with Gasteiger partial charge in [0.15, 0.2) is 0 Å². The molecule has 0 fully saturated rings. The molecule has 1 N–H and O–H groups in total. The molecule has 2 aromatic rings. The molecule has 6 nitrogen and oxygen atoms in total. The summed E-state index contributed by atoms with van der Waals surface area (Å²) in [6.45, 7) is -0.305. The van der Waals surface area contributed by atoms with Crippen LogP contribution in [0, 0.1) is 0 Å². The van der Waals surface area contributed by atoms with Crippen molar-refractivity contribution in [2.75, 3.05) is 26.0 Å². The second-order valence-electron chi connectivity index (χ2n) is 4.97. The second-order valence-corrected chi connectivity index (χ2v) is 7.84. The quantitative estimate of drug-likeness (QED) is 0.790. The number of nitrogens with zero attached hydrogens (tertiary/aromatic N) is 1. The monoisotopic (exact) mass is 412 g/mol. The predicted molar refractivity (Wildman–Crippen MR) is 95.6 cm³/mol. The van der Waals surface area contributed by atoms with Crippen LogP contribution in [0.15, 0.2) is 57.9 Å². The number of sulfonamides is 1. The highest BCUT2D eigenvalue weighted by atomic mass is 79.9. The van der Waals surface area contributed by atoms with Gasteiger partial charge in [-0.05, 0) is 40.2 Å². The number of ether oxygens (including phenoxy) is 1. The van der Waals surface area contributed by atoms with Gasteiger partial charge in [0, 0.05) is 23.3 Å².